The molecule has 2 nitrogen and oxygen atoms in total. The van der Waals surface area contributed by atoms with Gasteiger partial charge in [-0.25, -0.2) is 0 Å². The van der Waals surface area contributed by atoms with Crippen LogP contribution in [-0.4, -0.2) is 0 Å². The zero-order chi connectivity index (χ0) is 72.4. The highest BCUT2D eigenvalue weighted by atomic mass is 16.5. The van der Waals surface area contributed by atoms with Gasteiger partial charge in [-0.3, -0.25) is 0 Å². The molecular formula is C105H81NO. The molecule has 1 aliphatic heterocycles. The molecule has 0 N–H and O–H groups in total. The summed E-state index contributed by atoms with van der Waals surface area (Å²) >= 11 is 0. The Hall–Kier alpha value is -12.1. The van der Waals surface area contributed by atoms with Gasteiger partial charge < -0.3 is 9.64 Å². The lowest BCUT2D eigenvalue weighted by Crippen LogP contribution is -2.18. The maximum Gasteiger partial charge on any atom is 0.152 e. The first-order chi connectivity index (χ1) is 51.8. The summed E-state index contributed by atoms with van der Waals surface area (Å²) < 4.78 is 7.60. The van der Waals surface area contributed by atoms with Crippen molar-refractivity contribution in [3.05, 3.63) is 365 Å². The van der Waals surface area contributed by atoms with Gasteiger partial charge in [-0.2, -0.15) is 0 Å². The highest BCUT2D eigenvalue weighted by Crippen LogP contribution is 2.61. The van der Waals surface area contributed by atoms with Crippen LogP contribution in [0.15, 0.2) is 309 Å². The zero-order valence-corrected chi connectivity index (χ0v) is 62.3. The van der Waals surface area contributed by atoms with Crippen molar-refractivity contribution in [3.63, 3.8) is 0 Å². The molecule has 5 aliphatic carbocycles. The van der Waals surface area contributed by atoms with Crippen molar-refractivity contribution < 1.29 is 4.74 Å². The minimum atomic E-state index is -0.264. The highest BCUT2D eigenvalue weighted by Gasteiger charge is 2.43. The lowest BCUT2D eigenvalue weighted by atomic mass is 9.80. The lowest BCUT2D eigenvalue weighted by Gasteiger charge is -2.36. The third kappa shape index (κ3) is 9.12. The minimum absolute atomic E-state index is 0.0773. The molecule has 0 saturated carbocycles. The van der Waals surface area contributed by atoms with Crippen molar-refractivity contribution in [2.24, 2.45) is 0 Å². The van der Waals surface area contributed by atoms with Crippen molar-refractivity contribution in [1.29, 1.82) is 0 Å². The summed E-state index contributed by atoms with van der Waals surface area (Å²) in [6.07, 6.45) is 0. The average Bonchev–Trinajstić information content (AvgIpc) is 1.72. The van der Waals surface area contributed by atoms with Crippen LogP contribution in [0.4, 0.5) is 17.1 Å². The van der Waals surface area contributed by atoms with Gasteiger partial charge in [-0.1, -0.05) is 306 Å². The second kappa shape index (κ2) is 22.5. The second-order valence-corrected chi connectivity index (χ2v) is 33.5. The Morgan fingerprint density at radius 3 is 0.832 bits per heavy atom. The van der Waals surface area contributed by atoms with Crippen LogP contribution in [0.2, 0.25) is 0 Å². The molecule has 0 saturated heterocycles. The third-order valence-corrected chi connectivity index (χ3v) is 25.9. The van der Waals surface area contributed by atoms with Crippen molar-refractivity contribution in [2.75, 3.05) is 4.90 Å². The number of benzene rings is 15. The molecule has 0 bridgehead atoms. The molecule has 1 heterocycles. The SMILES string of the molecule is CC1(C)c2ccccc2-c2ccc(-c3ccc4c(c3)C(C)(C)c3cc(-c5ccc6c(c5)Oc5cc(-c7ccc8c(c7)C(C)(C)c7cc(-c9ccc%10c(c9)C(C)(C)c9ccccc9-%10)ccc7-8)ccc5N6c5c(-c6ccccc6)cc(-c6cccc7c6-c6ccccc6C7(C)C)cc5-c5ccccc5)ccc3-4)cc21. The summed E-state index contributed by atoms with van der Waals surface area (Å²) in [5, 5.41) is 0. The average molecular weight is 1370 g/mol. The van der Waals surface area contributed by atoms with E-state index in [1.54, 1.807) is 0 Å². The van der Waals surface area contributed by atoms with Gasteiger partial charge in [0.2, 0.25) is 0 Å². The van der Waals surface area contributed by atoms with Crippen molar-refractivity contribution in [1.82, 2.24) is 0 Å². The molecule has 0 atom stereocenters. The van der Waals surface area contributed by atoms with E-state index < -0.39 is 0 Å². The van der Waals surface area contributed by atoms with Gasteiger partial charge in [0.25, 0.3) is 0 Å². The minimum Gasteiger partial charge on any atom is -0.453 e. The molecule has 2 heteroatoms. The van der Waals surface area contributed by atoms with Crippen LogP contribution >= 0.6 is 0 Å². The van der Waals surface area contributed by atoms with Crippen molar-refractivity contribution in [3.8, 4) is 145 Å². The van der Waals surface area contributed by atoms with E-state index >= 15 is 0 Å². The first-order valence-corrected chi connectivity index (χ1v) is 38.2. The summed E-state index contributed by atoms with van der Waals surface area (Å²) in [7, 11) is 0. The fourth-order valence-corrected chi connectivity index (χ4v) is 20.1. The predicted octanol–water partition coefficient (Wildman–Crippen LogP) is 28.5. The number of fused-ring (bicyclic) bond motifs is 17. The van der Waals surface area contributed by atoms with E-state index in [0.29, 0.717) is 0 Å². The molecular weight excluding hydrogens is 1290 g/mol. The Labute approximate surface area is 629 Å². The number of hydrogen-bond donors (Lipinski definition) is 0. The van der Waals surface area contributed by atoms with Crippen LogP contribution in [0.1, 0.15) is 125 Å². The number of rotatable bonds is 8. The number of ether oxygens (including phenoxy) is 1. The maximum atomic E-state index is 7.60. The molecule has 6 aliphatic rings. The van der Waals surface area contributed by atoms with Crippen LogP contribution < -0.4 is 9.64 Å². The molecule has 15 aromatic rings. The van der Waals surface area contributed by atoms with Gasteiger partial charge in [-0.05, 0) is 251 Å². The van der Waals surface area contributed by atoms with E-state index in [9.17, 15) is 0 Å². The standard InChI is InChI=1S/C105H81NO/c1-101(2)87-34-22-19-30-82(87)99-73(31-23-35-88(99)101)72-52-83(62-24-13-11-14-25-62)100(84(53-72)63-26-15-12-16-27-63)106-95-50-42-70(68-40-48-80-78-46-38-66(56-91(78)104(7,8)93(80)58-68)64-36-44-76-74-28-17-20-32-85(74)102(3,4)89(76)54-64)60-97(95)107-98-61-71(43-51-96(98)106)69-41-49-81-79-47-39-67(57-92(79)105(9,10)94(81)59-69)65-37-45-77-75-29-18-21-33-86(75)103(5,6)90(77)55-65/h11-61H,1-10H3. The van der Waals surface area contributed by atoms with Crippen LogP contribution in [-0.2, 0) is 27.1 Å². The second-order valence-electron chi connectivity index (χ2n) is 33.5. The molecule has 0 aromatic heterocycles. The van der Waals surface area contributed by atoms with E-state index in [4.69, 9.17) is 4.74 Å². The van der Waals surface area contributed by atoms with E-state index in [2.05, 4.69) is 384 Å². The Balaban J connectivity index is 0.700. The van der Waals surface area contributed by atoms with E-state index in [0.717, 1.165) is 73.1 Å². The number of nitrogens with zero attached hydrogens (tertiary/aromatic N) is 1. The monoisotopic (exact) mass is 1370 g/mol. The molecule has 0 fully saturated rings. The fourth-order valence-electron chi connectivity index (χ4n) is 20.1. The first-order valence-electron chi connectivity index (χ1n) is 38.2. The van der Waals surface area contributed by atoms with Gasteiger partial charge in [-0.15, -0.1) is 0 Å². The Bertz CT molecular complexity index is 6040. The number of anilines is 3. The van der Waals surface area contributed by atoms with Gasteiger partial charge in [0.05, 0.1) is 17.1 Å². The Morgan fingerprint density at radius 2 is 0.458 bits per heavy atom. The number of hydrogen-bond acceptors (Lipinski definition) is 2. The Kier molecular flexibility index (Phi) is 13.3. The van der Waals surface area contributed by atoms with Gasteiger partial charge in [0.15, 0.2) is 11.5 Å². The van der Waals surface area contributed by atoms with Gasteiger partial charge in [0, 0.05) is 38.2 Å². The highest BCUT2D eigenvalue weighted by molar-refractivity contribution is 6.05. The van der Waals surface area contributed by atoms with E-state index in [-0.39, 0.29) is 27.1 Å². The van der Waals surface area contributed by atoms with Crippen molar-refractivity contribution >= 4 is 17.1 Å². The molecule has 15 aromatic carbocycles. The fraction of sp³-hybridized carbons (Fsp3) is 0.143. The zero-order valence-electron chi connectivity index (χ0n) is 62.3. The smallest absolute Gasteiger partial charge is 0.152 e. The molecule has 0 amide bonds. The summed E-state index contributed by atoms with van der Waals surface area (Å²) in [4.78, 5) is 2.52. The van der Waals surface area contributed by atoms with Gasteiger partial charge >= 0.3 is 0 Å². The summed E-state index contributed by atoms with van der Waals surface area (Å²) in [5.74, 6) is 1.58. The lowest BCUT2D eigenvalue weighted by molar-refractivity contribution is 0.477. The summed E-state index contributed by atoms with van der Waals surface area (Å²) in [6, 6.07) is 118. The predicted molar refractivity (Wildman–Crippen MR) is 447 cm³/mol. The largest absolute Gasteiger partial charge is 0.453 e. The first kappa shape index (κ1) is 63.4. The molecule has 107 heavy (non-hydrogen) atoms. The van der Waals surface area contributed by atoms with Crippen LogP contribution in [0.5, 0.6) is 11.5 Å². The normalized spacial score (nSPS) is 15.6. The molecule has 512 valence electrons. The molecule has 0 unspecified atom stereocenters. The van der Waals surface area contributed by atoms with E-state index in [1.807, 2.05) is 0 Å². The molecule has 21 rings (SSSR count). The topological polar surface area (TPSA) is 12.5 Å². The Morgan fingerprint density at radius 1 is 0.187 bits per heavy atom. The van der Waals surface area contributed by atoms with Gasteiger partial charge in [0.1, 0.15) is 0 Å². The maximum absolute atomic E-state index is 7.60. The van der Waals surface area contributed by atoms with Crippen LogP contribution in [0, 0.1) is 0 Å². The quantitative estimate of drug-likeness (QED) is 0.150. The molecule has 0 radical (unpaired) electrons. The van der Waals surface area contributed by atoms with Crippen LogP contribution in [0.25, 0.3) is 134 Å². The third-order valence-electron chi connectivity index (χ3n) is 25.9. The van der Waals surface area contributed by atoms with Crippen molar-refractivity contribution in [2.45, 2.75) is 96.3 Å². The van der Waals surface area contributed by atoms with Crippen LogP contribution in [0.3, 0.4) is 0 Å². The molecule has 0 spiro atoms. The summed E-state index contributed by atoms with van der Waals surface area (Å²) in [6.45, 7) is 23.9. The summed E-state index contributed by atoms with van der Waals surface area (Å²) in [5.41, 5.74) is 45.5. The van der Waals surface area contributed by atoms with E-state index in [1.165, 1.54) is 145 Å².